The maximum absolute atomic E-state index is 12.6. The smallest absolute Gasteiger partial charge is 0.462 e. The number of aliphatic hydroxyl groups is 4. The van der Waals surface area contributed by atoms with Crippen LogP contribution in [0.15, 0.2) is 72.9 Å². The van der Waals surface area contributed by atoms with Crippen LogP contribution in [0.5, 0.6) is 0 Å². The van der Waals surface area contributed by atoms with E-state index in [0.29, 0.717) is 32.1 Å². The Kier molecular flexibility index (Phi) is 36.8. The van der Waals surface area contributed by atoms with Crippen LogP contribution in [0.2, 0.25) is 0 Å². The Morgan fingerprint density at radius 1 is 0.638 bits per heavy atom. The number of unbranched alkanes of at least 4 members (excludes halogenated alkanes) is 10. The number of phosphoric acid groups is 1. The summed E-state index contributed by atoms with van der Waals surface area (Å²) in [5.74, 6) is -0.314. The van der Waals surface area contributed by atoms with Crippen molar-refractivity contribution >= 4 is 19.8 Å². The Morgan fingerprint density at radius 3 is 1.74 bits per heavy atom. The molecule has 0 spiro atoms. The van der Waals surface area contributed by atoms with E-state index in [1.165, 1.54) is 51.4 Å². The molecule has 0 aromatic rings. The zero-order valence-corrected chi connectivity index (χ0v) is 36.5. The summed E-state index contributed by atoms with van der Waals surface area (Å²) in [5, 5.41) is 38.3. The van der Waals surface area contributed by atoms with Gasteiger partial charge < -0.3 is 34.8 Å². The number of rotatable bonds is 38. The van der Waals surface area contributed by atoms with Crippen molar-refractivity contribution in [3.63, 3.8) is 0 Å². The molecule has 1 unspecified atom stereocenters. The summed E-state index contributed by atoms with van der Waals surface area (Å²) in [7, 11) is -4.66. The van der Waals surface area contributed by atoms with Gasteiger partial charge in [-0.15, -0.1) is 0 Å². The summed E-state index contributed by atoms with van der Waals surface area (Å²) in [6, 6.07) is 0. The van der Waals surface area contributed by atoms with Crippen molar-refractivity contribution in [2.75, 3.05) is 26.4 Å². The SMILES string of the molecule is CC/C=C\C[C@@H](O)/C=C/C=C\C=C\[C@@H](O)C/C=C\C/C=C\CCC(=O)OC[C@H](COP(=O)(O)OC[C@@H](O)CO)OC(=O)CCCCCCCCCCCCCC(C)C. The van der Waals surface area contributed by atoms with Crippen LogP contribution >= 0.6 is 7.82 Å². The van der Waals surface area contributed by atoms with Crippen molar-refractivity contribution in [2.45, 2.75) is 167 Å². The average Bonchev–Trinajstić information content (AvgIpc) is 3.19. The first-order chi connectivity index (χ1) is 27.9. The summed E-state index contributed by atoms with van der Waals surface area (Å²) in [6.45, 7) is 4.28. The maximum atomic E-state index is 12.6. The molecule has 0 aromatic carbocycles. The largest absolute Gasteiger partial charge is 0.472 e. The van der Waals surface area contributed by atoms with Gasteiger partial charge in [0.25, 0.3) is 0 Å². The summed E-state index contributed by atoms with van der Waals surface area (Å²) in [5.41, 5.74) is 0. The fourth-order valence-corrected chi connectivity index (χ4v) is 6.17. The van der Waals surface area contributed by atoms with E-state index in [9.17, 15) is 34.4 Å². The van der Waals surface area contributed by atoms with Crippen LogP contribution in [0.4, 0.5) is 0 Å². The van der Waals surface area contributed by atoms with Crippen LogP contribution in [0.1, 0.15) is 143 Å². The van der Waals surface area contributed by atoms with E-state index >= 15 is 0 Å². The minimum absolute atomic E-state index is 0.0573. The van der Waals surface area contributed by atoms with Gasteiger partial charge in [0.15, 0.2) is 6.10 Å². The third-order valence-electron chi connectivity index (χ3n) is 8.73. The number of phosphoric ester groups is 1. The quantitative estimate of drug-likeness (QED) is 0.0131. The molecule has 0 radical (unpaired) electrons. The van der Waals surface area contributed by atoms with Gasteiger partial charge in [-0.1, -0.05) is 164 Å². The molecule has 5 N–H and O–H groups in total. The Morgan fingerprint density at radius 2 is 1.17 bits per heavy atom. The summed E-state index contributed by atoms with van der Waals surface area (Å²) < 4.78 is 32.5. The highest BCUT2D eigenvalue weighted by Gasteiger charge is 2.27. The Hall–Kier alpha value is -2.67. The Bertz CT molecular complexity index is 1240. The van der Waals surface area contributed by atoms with Gasteiger partial charge in [0.05, 0.1) is 32.0 Å². The molecule has 0 aromatic heterocycles. The van der Waals surface area contributed by atoms with Gasteiger partial charge >= 0.3 is 19.8 Å². The van der Waals surface area contributed by atoms with Crippen molar-refractivity contribution < 1.29 is 58.0 Å². The standard InChI is InChI=1S/C45H77O12P/c1-4-5-21-29-40(47)31-24-19-20-25-32-41(48)30-23-16-13-14-17-26-33-44(50)54-37-43(38-56-58(52,53)55-36-42(49)35-46)57-45(51)34-27-18-12-10-8-6-7-9-11-15-22-28-39(2)3/h5,14,16-17,19-21,23-25,31-32,39-43,46-49H,4,6-13,15,18,22,26-30,33-38H2,1-3H3,(H,52,53)/b17-14-,20-19-,21-5-,23-16-,31-24+,32-25+/t40-,41+,42+,43-/m1/s1. The monoisotopic (exact) mass is 841 g/mol. The van der Waals surface area contributed by atoms with E-state index in [1.54, 1.807) is 36.5 Å². The van der Waals surface area contributed by atoms with Crippen LogP contribution in [0, 0.1) is 5.92 Å². The maximum Gasteiger partial charge on any atom is 0.472 e. The summed E-state index contributed by atoms with van der Waals surface area (Å²) in [6.07, 6.45) is 35.3. The molecule has 5 atom stereocenters. The molecule has 12 nitrogen and oxygen atoms in total. The molecule has 0 aliphatic heterocycles. The molecule has 0 aliphatic rings. The second kappa shape index (κ2) is 38.5. The van der Waals surface area contributed by atoms with Crippen molar-refractivity contribution in [1.82, 2.24) is 0 Å². The van der Waals surface area contributed by atoms with Crippen molar-refractivity contribution in [2.24, 2.45) is 5.92 Å². The van der Waals surface area contributed by atoms with E-state index in [1.807, 2.05) is 43.4 Å². The molecule has 0 saturated heterocycles. The van der Waals surface area contributed by atoms with Gasteiger partial charge in [-0.05, 0) is 44.4 Å². The zero-order valence-electron chi connectivity index (χ0n) is 35.6. The molecular formula is C45H77O12P. The first-order valence-corrected chi connectivity index (χ1v) is 23.0. The lowest BCUT2D eigenvalue weighted by Gasteiger charge is -2.20. The van der Waals surface area contributed by atoms with Crippen LogP contribution < -0.4 is 0 Å². The molecule has 334 valence electrons. The first-order valence-electron chi connectivity index (χ1n) is 21.5. The molecule has 0 saturated carbocycles. The van der Waals surface area contributed by atoms with E-state index in [0.717, 1.165) is 31.6 Å². The molecule has 0 rings (SSSR count). The lowest BCUT2D eigenvalue weighted by atomic mass is 10.0. The number of hydrogen-bond donors (Lipinski definition) is 5. The minimum atomic E-state index is -4.66. The number of esters is 2. The molecule has 0 amide bonds. The zero-order chi connectivity index (χ0) is 43.1. The molecule has 0 heterocycles. The lowest BCUT2D eigenvalue weighted by molar-refractivity contribution is -0.161. The normalized spacial score (nSPS) is 15.7. The van der Waals surface area contributed by atoms with Gasteiger partial charge in [-0.3, -0.25) is 18.6 Å². The van der Waals surface area contributed by atoms with Crippen molar-refractivity contribution in [3.05, 3.63) is 72.9 Å². The van der Waals surface area contributed by atoms with Gasteiger partial charge in [-0.25, -0.2) is 4.57 Å². The van der Waals surface area contributed by atoms with Crippen LogP contribution in [0.25, 0.3) is 0 Å². The second-order valence-electron chi connectivity index (χ2n) is 14.9. The van der Waals surface area contributed by atoms with Gasteiger partial charge in [0, 0.05) is 12.8 Å². The second-order valence-corrected chi connectivity index (χ2v) is 16.3. The topological polar surface area (TPSA) is 189 Å². The van der Waals surface area contributed by atoms with E-state index in [2.05, 4.69) is 18.4 Å². The Balaban J connectivity index is 4.54. The third-order valence-corrected chi connectivity index (χ3v) is 9.68. The van der Waals surface area contributed by atoms with Gasteiger partial charge in [-0.2, -0.15) is 0 Å². The van der Waals surface area contributed by atoms with E-state index < -0.39 is 70.6 Å². The number of allylic oxidation sites excluding steroid dienone is 8. The number of carbonyl (C=O) groups is 2. The highest BCUT2D eigenvalue weighted by Crippen LogP contribution is 2.43. The minimum Gasteiger partial charge on any atom is -0.462 e. The number of ether oxygens (including phenoxy) is 2. The lowest BCUT2D eigenvalue weighted by Crippen LogP contribution is -2.29. The molecule has 58 heavy (non-hydrogen) atoms. The predicted molar refractivity (Wildman–Crippen MR) is 231 cm³/mol. The van der Waals surface area contributed by atoms with Gasteiger partial charge in [0.1, 0.15) is 12.7 Å². The molecule has 0 aliphatic carbocycles. The molecule has 0 fully saturated rings. The Labute approximate surface area is 349 Å². The fourth-order valence-electron chi connectivity index (χ4n) is 5.38. The van der Waals surface area contributed by atoms with Crippen LogP contribution in [-0.4, -0.2) is 88.1 Å². The summed E-state index contributed by atoms with van der Waals surface area (Å²) in [4.78, 5) is 34.9. The number of carbonyl (C=O) groups excluding carboxylic acids is 2. The van der Waals surface area contributed by atoms with Gasteiger partial charge in [0.2, 0.25) is 0 Å². The third kappa shape index (κ3) is 38.8. The molecular weight excluding hydrogens is 763 g/mol. The van der Waals surface area contributed by atoms with Crippen LogP contribution in [0.3, 0.4) is 0 Å². The number of hydrogen-bond acceptors (Lipinski definition) is 11. The van der Waals surface area contributed by atoms with E-state index in [-0.39, 0.29) is 12.8 Å². The average molecular weight is 841 g/mol. The summed E-state index contributed by atoms with van der Waals surface area (Å²) >= 11 is 0. The predicted octanol–water partition coefficient (Wildman–Crippen LogP) is 9.08. The molecule has 0 bridgehead atoms. The highest BCUT2D eigenvalue weighted by molar-refractivity contribution is 7.47. The van der Waals surface area contributed by atoms with E-state index in [4.69, 9.17) is 19.1 Å². The fraction of sp³-hybridized carbons (Fsp3) is 0.689. The molecule has 13 heteroatoms. The van der Waals surface area contributed by atoms with Crippen molar-refractivity contribution in [1.29, 1.82) is 0 Å². The number of aliphatic hydroxyl groups excluding tert-OH is 4. The first kappa shape index (κ1) is 55.3. The highest BCUT2D eigenvalue weighted by atomic mass is 31.2. The van der Waals surface area contributed by atoms with Crippen LogP contribution in [-0.2, 0) is 32.7 Å². The van der Waals surface area contributed by atoms with Crippen molar-refractivity contribution in [3.8, 4) is 0 Å².